The van der Waals surface area contributed by atoms with Crippen LogP contribution in [0.3, 0.4) is 0 Å². The maximum atomic E-state index is 2.42. The first kappa shape index (κ1) is 14.0. The van der Waals surface area contributed by atoms with Crippen LogP contribution in [0.15, 0.2) is 0 Å². The second-order valence-corrected chi connectivity index (χ2v) is 5.93. The fourth-order valence-corrected chi connectivity index (χ4v) is 2.41. The Hall–Kier alpha value is 0. The van der Waals surface area contributed by atoms with E-state index >= 15 is 0 Å². The summed E-state index contributed by atoms with van der Waals surface area (Å²) >= 11 is 0. The average molecular weight is 198 g/mol. The van der Waals surface area contributed by atoms with Crippen LogP contribution < -0.4 is 0 Å². The quantitative estimate of drug-likeness (QED) is 0.457. The van der Waals surface area contributed by atoms with Crippen molar-refractivity contribution in [3.8, 4) is 0 Å². The Labute approximate surface area is 91.5 Å². The molecule has 0 radical (unpaired) electrons. The van der Waals surface area contributed by atoms with Gasteiger partial charge in [-0.2, -0.15) is 0 Å². The van der Waals surface area contributed by atoms with Gasteiger partial charge in [0, 0.05) is 0 Å². The van der Waals surface area contributed by atoms with E-state index in [1.165, 1.54) is 44.9 Å². The van der Waals surface area contributed by atoms with Gasteiger partial charge in [0.25, 0.3) is 0 Å². The minimum absolute atomic E-state index is 0.570. The number of hydrogen-bond acceptors (Lipinski definition) is 0. The van der Waals surface area contributed by atoms with E-state index in [1.807, 2.05) is 0 Å². The third-order valence-electron chi connectivity index (χ3n) is 2.92. The normalized spacial score (nSPS) is 12.4. The van der Waals surface area contributed by atoms with Crippen molar-refractivity contribution < 1.29 is 0 Å². The predicted molar refractivity (Wildman–Crippen MR) is 66.6 cm³/mol. The van der Waals surface area contributed by atoms with Crippen LogP contribution in [0.4, 0.5) is 0 Å². The van der Waals surface area contributed by atoms with E-state index in [-0.39, 0.29) is 0 Å². The molecule has 0 rings (SSSR count). The third-order valence-corrected chi connectivity index (χ3v) is 2.92. The molecule has 14 heavy (non-hydrogen) atoms. The molecule has 0 saturated heterocycles. The molecule has 0 atom stereocenters. The number of hydrogen-bond donors (Lipinski definition) is 0. The van der Waals surface area contributed by atoms with E-state index in [2.05, 4.69) is 34.6 Å². The van der Waals surface area contributed by atoms with Crippen LogP contribution in [0.5, 0.6) is 0 Å². The summed E-state index contributed by atoms with van der Waals surface area (Å²) in [6.45, 7) is 11.8. The second-order valence-electron chi connectivity index (χ2n) is 5.93. The summed E-state index contributed by atoms with van der Waals surface area (Å²) in [7, 11) is 0. The fourth-order valence-electron chi connectivity index (χ4n) is 2.41. The van der Waals surface area contributed by atoms with Crippen LogP contribution in [0.25, 0.3) is 0 Å². The number of rotatable bonds is 8. The monoisotopic (exact) mass is 198 g/mol. The van der Waals surface area contributed by atoms with Crippen molar-refractivity contribution in [1.29, 1.82) is 0 Å². The van der Waals surface area contributed by atoms with Gasteiger partial charge in [0.15, 0.2) is 0 Å². The highest BCUT2D eigenvalue weighted by molar-refractivity contribution is 4.70. The van der Waals surface area contributed by atoms with Gasteiger partial charge in [-0.3, -0.25) is 0 Å². The summed E-state index contributed by atoms with van der Waals surface area (Å²) in [5.41, 5.74) is 0.570. The van der Waals surface area contributed by atoms with Gasteiger partial charge >= 0.3 is 0 Å². The lowest BCUT2D eigenvalue weighted by atomic mass is 9.80. The highest BCUT2D eigenvalue weighted by Crippen LogP contribution is 2.31. The molecular weight excluding hydrogens is 168 g/mol. The summed E-state index contributed by atoms with van der Waals surface area (Å²) in [5.74, 6) is 0.848. The van der Waals surface area contributed by atoms with Gasteiger partial charge in [-0.15, -0.1) is 0 Å². The van der Waals surface area contributed by atoms with E-state index in [1.54, 1.807) is 0 Å². The molecule has 0 aliphatic carbocycles. The minimum atomic E-state index is 0.570. The summed E-state index contributed by atoms with van der Waals surface area (Å²) < 4.78 is 0. The topological polar surface area (TPSA) is 0 Å². The van der Waals surface area contributed by atoms with E-state index in [9.17, 15) is 0 Å². The Morgan fingerprint density at radius 1 is 0.929 bits per heavy atom. The molecule has 0 heterocycles. The van der Waals surface area contributed by atoms with Crippen molar-refractivity contribution in [3.05, 3.63) is 0 Å². The Morgan fingerprint density at radius 2 is 1.50 bits per heavy atom. The van der Waals surface area contributed by atoms with E-state index in [0.29, 0.717) is 5.41 Å². The van der Waals surface area contributed by atoms with Crippen molar-refractivity contribution in [2.45, 2.75) is 79.6 Å². The molecule has 0 heteroatoms. The van der Waals surface area contributed by atoms with Crippen LogP contribution in [0.2, 0.25) is 0 Å². The van der Waals surface area contributed by atoms with Crippen LogP contribution >= 0.6 is 0 Å². The highest BCUT2D eigenvalue weighted by atomic mass is 14.2. The largest absolute Gasteiger partial charge is 0.0654 e. The van der Waals surface area contributed by atoms with Crippen LogP contribution in [-0.2, 0) is 0 Å². The van der Waals surface area contributed by atoms with Crippen molar-refractivity contribution in [2.75, 3.05) is 0 Å². The van der Waals surface area contributed by atoms with E-state index in [4.69, 9.17) is 0 Å². The molecule has 0 aliphatic rings. The van der Waals surface area contributed by atoms with Gasteiger partial charge in [0.05, 0.1) is 0 Å². The molecule has 0 spiro atoms. The Kier molecular flexibility index (Phi) is 7.31. The average Bonchev–Trinajstić information content (AvgIpc) is 2.01. The molecule has 0 aromatic rings. The van der Waals surface area contributed by atoms with E-state index < -0.39 is 0 Å². The van der Waals surface area contributed by atoms with Crippen molar-refractivity contribution >= 4 is 0 Å². The van der Waals surface area contributed by atoms with Crippen molar-refractivity contribution in [3.63, 3.8) is 0 Å². The highest BCUT2D eigenvalue weighted by Gasteiger charge is 2.18. The van der Waals surface area contributed by atoms with Gasteiger partial charge in [0.2, 0.25) is 0 Å². The molecule has 0 unspecified atom stereocenters. The lowest BCUT2D eigenvalue weighted by Gasteiger charge is -2.26. The first-order valence-corrected chi connectivity index (χ1v) is 6.48. The Balaban J connectivity index is 3.45. The summed E-state index contributed by atoms with van der Waals surface area (Å²) in [4.78, 5) is 0. The molecule has 0 aliphatic heterocycles. The molecule has 0 aromatic carbocycles. The van der Waals surface area contributed by atoms with Crippen molar-refractivity contribution in [2.24, 2.45) is 11.3 Å². The van der Waals surface area contributed by atoms with Gasteiger partial charge in [-0.05, 0) is 24.2 Å². The molecular formula is C14H30. The van der Waals surface area contributed by atoms with Crippen LogP contribution in [0.1, 0.15) is 79.6 Å². The summed E-state index contributed by atoms with van der Waals surface area (Å²) in [6, 6.07) is 0. The van der Waals surface area contributed by atoms with E-state index in [0.717, 1.165) is 5.92 Å². The Bertz CT molecular complexity index is 122. The standard InChI is InChI=1S/C14H30/c1-6-7-8-9-10-11-14(4,5)12-13(2)3/h13H,6-12H2,1-5H3. The molecule has 0 amide bonds. The zero-order valence-electron chi connectivity index (χ0n) is 11.0. The molecule has 0 fully saturated rings. The third kappa shape index (κ3) is 8.59. The van der Waals surface area contributed by atoms with Gasteiger partial charge in [-0.25, -0.2) is 0 Å². The van der Waals surface area contributed by atoms with Crippen LogP contribution in [-0.4, -0.2) is 0 Å². The zero-order chi connectivity index (χ0) is 11.0. The molecule has 86 valence electrons. The van der Waals surface area contributed by atoms with Crippen LogP contribution in [0, 0.1) is 11.3 Å². The molecule has 0 bridgehead atoms. The first-order chi connectivity index (χ1) is 6.48. The van der Waals surface area contributed by atoms with Gasteiger partial charge in [0.1, 0.15) is 0 Å². The lowest BCUT2D eigenvalue weighted by molar-refractivity contribution is 0.256. The minimum Gasteiger partial charge on any atom is -0.0654 e. The molecule has 0 N–H and O–H groups in total. The summed E-state index contributed by atoms with van der Waals surface area (Å²) in [5, 5.41) is 0. The first-order valence-electron chi connectivity index (χ1n) is 6.48. The fraction of sp³-hybridized carbons (Fsp3) is 1.00. The van der Waals surface area contributed by atoms with Gasteiger partial charge < -0.3 is 0 Å². The zero-order valence-corrected chi connectivity index (χ0v) is 11.0. The maximum Gasteiger partial charge on any atom is -0.0352 e. The molecule has 0 nitrogen and oxygen atoms in total. The maximum absolute atomic E-state index is 2.42. The predicted octanol–water partition coefficient (Wildman–Crippen LogP) is 5.42. The van der Waals surface area contributed by atoms with Gasteiger partial charge in [-0.1, -0.05) is 66.7 Å². The lowest BCUT2D eigenvalue weighted by Crippen LogP contribution is -2.14. The van der Waals surface area contributed by atoms with Crippen molar-refractivity contribution in [1.82, 2.24) is 0 Å². The summed E-state index contributed by atoms with van der Waals surface area (Å²) in [6.07, 6.45) is 9.87. The number of unbranched alkanes of at least 4 members (excludes halogenated alkanes) is 4. The molecule has 0 saturated carbocycles. The molecule has 0 aromatic heterocycles. The SMILES string of the molecule is CCCCCCCC(C)(C)CC(C)C. The Morgan fingerprint density at radius 3 is 2.00 bits per heavy atom. The smallest absolute Gasteiger partial charge is 0.0352 e. The second kappa shape index (κ2) is 7.31.